The summed E-state index contributed by atoms with van der Waals surface area (Å²) in [6, 6.07) is 14.6. The van der Waals surface area contributed by atoms with Crippen molar-refractivity contribution in [3.8, 4) is 0 Å². The maximum atomic E-state index is 10.9. The molecule has 1 heteroatoms. The summed E-state index contributed by atoms with van der Waals surface area (Å²) in [7, 11) is 0. The van der Waals surface area contributed by atoms with Crippen LogP contribution in [0.3, 0.4) is 0 Å². The van der Waals surface area contributed by atoms with Crippen LogP contribution in [0.25, 0.3) is 10.8 Å². The Morgan fingerprint density at radius 2 is 1.88 bits per heavy atom. The molecule has 0 spiro atoms. The van der Waals surface area contributed by atoms with Crippen LogP contribution in [0.5, 0.6) is 0 Å². The summed E-state index contributed by atoms with van der Waals surface area (Å²) < 4.78 is 0. The number of benzene rings is 2. The molecule has 1 aliphatic rings. The van der Waals surface area contributed by atoms with Crippen molar-refractivity contribution in [3.63, 3.8) is 0 Å². The molecular formula is C16H18O. The van der Waals surface area contributed by atoms with Crippen LogP contribution in [-0.4, -0.2) is 5.11 Å². The van der Waals surface area contributed by atoms with E-state index in [-0.39, 0.29) is 0 Å². The first-order chi connectivity index (χ1) is 8.22. The lowest BCUT2D eigenvalue weighted by atomic mass is 9.82. The van der Waals surface area contributed by atoms with Gasteiger partial charge in [0, 0.05) is 0 Å². The SMILES string of the molecule is CC1CCCC1(O)c1cccc2ccccc12. The van der Waals surface area contributed by atoms with Crippen molar-refractivity contribution in [1.29, 1.82) is 0 Å². The van der Waals surface area contributed by atoms with E-state index < -0.39 is 5.60 Å². The van der Waals surface area contributed by atoms with Gasteiger partial charge in [-0.05, 0) is 41.5 Å². The highest BCUT2D eigenvalue weighted by Gasteiger charge is 2.40. The fraction of sp³-hybridized carbons (Fsp3) is 0.375. The Labute approximate surface area is 102 Å². The zero-order chi connectivity index (χ0) is 11.9. The van der Waals surface area contributed by atoms with Crippen LogP contribution < -0.4 is 0 Å². The summed E-state index contributed by atoms with van der Waals surface area (Å²) >= 11 is 0. The summed E-state index contributed by atoms with van der Waals surface area (Å²) in [6.45, 7) is 2.16. The van der Waals surface area contributed by atoms with Gasteiger partial charge in [0.25, 0.3) is 0 Å². The maximum absolute atomic E-state index is 10.9. The first-order valence-electron chi connectivity index (χ1n) is 6.42. The predicted octanol–water partition coefficient (Wildman–Crippen LogP) is 3.85. The quantitative estimate of drug-likeness (QED) is 0.783. The van der Waals surface area contributed by atoms with Crippen molar-refractivity contribution < 1.29 is 5.11 Å². The van der Waals surface area contributed by atoms with Gasteiger partial charge in [0.2, 0.25) is 0 Å². The molecule has 17 heavy (non-hydrogen) atoms. The van der Waals surface area contributed by atoms with E-state index >= 15 is 0 Å². The molecule has 0 radical (unpaired) electrons. The molecule has 0 aromatic heterocycles. The fourth-order valence-electron chi connectivity index (χ4n) is 3.17. The molecule has 3 rings (SSSR count). The van der Waals surface area contributed by atoms with Gasteiger partial charge in [-0.25, -0.2) is 0 Å². The van der Waals surface area contributed by atoms with Gasteiger partial charge in [0.1, 0.15) is 0 Å². The third-order valence-corrected chi connectivity index (χ3v) is 4.27. The van der Waals surface area contributed by atoms with Crippen molar-refractivity contribution in [2.45, 2.75) is 31.8 Å². The molecule has 0 amide bonds. The maximum Gasteiger partial charge on any atom is 0.0927 e. The predicted molar refractivity (Wildman–Crippen MR) is 70.9 cm³/mol. The topological polar surface area (TPSA) is 20.2 Å². The Balaban J connectivity index is 2.24. The standard InChI is InChI=1S/C16H18O/c1-12-6-5-11-16(12,17)15-10-4-8-13-7-2-3-9-14(13)15/h2-4,7-10,12,17H,5-6,11H2,1H3. The van der Waals surface area contributed by atoms with Crippen molar-refractivity contribution in [2.75, 3.05) is 0 Å². The van der Waals surface area contributed by atoms with Crippen LogP contribution in [0.2, 0.25) is 0 Å². The number of hydrogen-bond acceptors (Lipinski definition) is 1. The van der Waals surface area contributed by atoms with Crippen molar-refractivity contribution in [1.82, 2.24) is 0 Å². The molecule has 1 N–H and O–H groups in total. The van der Waals surface area contributed by atoms with E-state index in [1.54, 1.807) is 0 Å². The van der Waals surface area contributed by atoms with Crippen LogP contribution >= 0.6 is 0 Å². The van der Waals surface area contributed by atoms with Gasteiger partial charge in [-0.15, -0.1) is 0 Å². The minimum Gasteiger partial charge on any atom is -0.385 e. The minimum atomic E-state index is -0.624. The summed E-state index contributed by atoms with van der Waals surface area (Å²) in [5.41, 5.74) is 0.488. The van der Waals surface area contributed by atoms with E-state index in [4.69, 9.17) is 0 Å². The molecule has 0 bridgehead atoms. The largest absolute Gasteiger partial charge is 0.385 e. The van der Waals surface area contributed by atoms with Crippen LogP contribution in [-0.2, 0) is 5.60 Å². The molecule has 0 aliphatic heterocycles. The van der Waals surface area contributed by atoms with Gasteiger partial charge in [0.15, 0.2) is 0 Å². The van der Waals surface area contributed by atoms with E-state index in [0.29, 0.717) is 5.92 Å². The lowest BCUT2D eigenvalue weighted by Gasteiger charge is -2.29. The highest BCUT2D eigenvalue weighted by molar-refractivity contribution is 5.86. The zero-order valence-electron chi connectivity index (χ0n) is 10.2. The normalized spacial score (nSPS) is 28.7. The Bertz CT molecular complexity index is 541. The smallest absolute Gasteiger partial charge is 0.0927 e. The molecule has 2 aromatic carbocycles. The molecule has 2 atom stereocenters. The molecular weight excluding hydrogens is 208 g/mol. The van der Waals surface area contributed by atoms with E-state index in [1.807, 2.05) is 6.07 Å². The molecule has 1 nitrogen and oxygen atoms in total. The van der Waals surface area contributed by atoms with E-state index in [1.165, 1.54) is 10.8 Å². The van der Waals surface area contributed by atoms with Gasteiger partial charge in [0.05, 0.1) is 5.60 Å². The van der Waals surface area contributed by atoms with Crippen LogP contribution in [0.4, 0.5) is 0 Å². The lowest BCUT2D eigenvalue weighted by Crippen LogP contribution is -2.28. The third kappa shape index (κ3) is 1.57. The average molecular weight is 226 g/mol. The van der Waals surface area contributed by atoms with E-state index in [0.717, 1.165) is 24.8 Å². The molecule has 1 saturated carbocycles. The Morgan fingerprint density at radius 1 is 1.12 bits per heavy atom. The van der Waals surface area contributed by atoms with Crippen LogP contribution in [0.15, 0.2) is 42.5 Å². The summed E-state index contributed by atoms with van der Waals surface area (Å²) in [5.74, 6) is 0.355. The number of rotatable bonds is 1. The Kier molecular flexibility index (Phi) is 2.44. The first kappa shape index (κ1) is 10.8. The second-order valence-electron chi connectivity index (χ2n) is 5.24. The summed E-state index contributed by atoms with van der Waals surface area (Å²) in [4.78, 5) is 0. The van der Waals surface area contributed by atoms with Gasteiger partial charge < -0.3 is 5.11 Å². The number of hydrogen-bond donors (Lipinski definition) is 1. The number of fused-ring (bicyclic) bond motifs is 1. The monoisotopic (exact) mass is 226 g/mol. The van der Waals surface area contributed by atoms with Gasteiger partial charge in [-0.1, -0.05) is 49.4 Å². The highest BCUT2D eigenvalue weighted by Crippen LogP contribution is 2.45. The lowest BCUT2D eigenvalue weighted by molar-refractivity contribution is 0.00594. The molecule has 1 fully saturated rings. The van der Waals surface area contributed by atoms with E-state index in [2.05, 4.69) is 43.3 Å². The Hall–Kier alpha value is -1.34. The van der Waals surface area contributed by atoms with E-state index in [9.17, 15) is 5.11 Å². The molecule has 1 aliphatic carbocycles. The third-order valence-electron chi connectivity index (χ3n) is 4.27. The Morgan fingerprint density at radius 3 is 2.65 bits per heavy atom. The molecule has 88 valence electrons. The van der Waals surface area contributed by atoms with Crippen LogP contribution in [0, 0.1) is 5.92 Å². The van der Waals surface area contributed by atoms with Gasteiger partial charge in [-0.2, -0.15) is 0 Å². The molecule has 0 heterocycles. The molecule has 2 unspecified atom stereocenters. The average Bonchev–Trinajstić information content (AvgIpc) is 2.70. The number of aliphatic hydroxyl groups is 1. The van der Waals surface area contributed by atoms with Crippen molar-refractivity contribution >= 4 is 10.8 Å². The highest BCUT2D eigenvalue weighted by atomic mass is 16.3. The van der Waals surface area contributed by atoms with Gasteiger partial charge >= 0.3 is 0 Å². The fourth-order valence-corrected chi connectivity index (χ4v) is 3.17. The molecule has 2 aromatic rings. The zero-order valence-corrected chi connectivity index (χ0v) is 10.2. The van der Waals surface area contributed by atoms with Crippen molar-refractivity contribution in [2.24, 2.45) is 5.92 Å². The molecule has 0 saturated heterocycles. The second-order valence-corrected chi connectivity index (χ2v) is 5.24. The summed E-state index contributed by atoms with van der Waals surface area (Å²) in [6.07, 6.45) is 3.14. The second kappa shape index (κ2) is 3.85. The first-order valence-corrected chi connectivity index (χ1v) is 6.42. The van der Waals surface area contributed by atoms with Crippen LogP contribution in [0.1, 0.15) is 31.7 Å². The van der Waals surface area contributed by atoms with Gasteiger partial charge in [-0.3, -0.25) is 0 Å². The summed E-state index contributed by atoms with van der Waals surface area (Å²) in [5, 5.41) is 13.3. The minimum absolute atomic E-state index is 0.355. The van der Waals surface area contributed by atoms with Crippen molar-refractivity contribution in [3.05, 3.63) is 48.0 Å².